The second-order valence-corrected chi connectivity index (χ2v) is 9.04. The molecule has 0 spiro atoms. The van der Waals surface area contributed by atoms with Crippen LogP contribution in [-0.4, -0.2) is 112 Å². The first-order valence-corrected chi connectivity index (χ1v) is 11.7. The Kier molecular flexibility index (Phi) is 11.4. The van der Waals surface area contributed by atoms with E-state index in [4.69, 9.17) is 14.2 Å². The first-order chi connectivity index (χ1) is 15.7. The van der Waals surface area contributed by atoms with E-state index in [9.17, 15) is 30.0 Å². The van der Waals surface area contributed by atoms with Crippen LogP contribution in [-0.2, 0) is 23.8 Å². The number of rotatable bonds is 12. The number of hydrogen-bond donors (Lipinski definition) is 5. The van der Waals surface area contributed by atoms with Crippen LogP contribution in [0.1, 0.15) is 52.9 Å². The van der Waals surface area contributed by atoms with Crippen LogP contribution < -0.4 is 5.32 Å². The van der Waals surface area contributed by atoms with Gasteiger partial charge < -0.3 is 44.9 Å². The largest absolute Gasteiger partial charge is 0.394 e. The number of amides is 2. The molecule has 2 aliphatic rings. The molecule has 2 aliphatic heterocycles. The number of likely N-dealkylation sites (tertiary alicyclic amines) is 1. The molecule has 7 atom stereocenters. The SMILES string of the molecule is CC(=O)NC1C(OCCCCCC(=O)N2C[C@H](OC(C)C)C[C@H]2CO)OC(CO)C(O)C1O. The zero-order chi connectivity index (χ0) is 24.5. The van der Waals surface area contributed by atoms with Crippen molar-refractivity contribution in [3.8, 4) is 0 Å². The van der Waals surface area contributed by atoms with Crippen molar-refractivity contribution in [3.63, 3.8) is 0 Å². The Morgan fingerprint density at radius 3 is 2.45 bits per heavy atom. The lowest BCUT2D eigenvalue weighted by atomic mass is 9.97. The van der Waals surface area contributed by atoms with E-state index in [1.807, 2.05) is 13.8 Å². The zero-order valence-corrected chi connectivity index (χ0v) is 19.8. The maximum absolute atomic E-state index is 12.6. The van der Waals surface area contributed by atoms with Crippen LogP contribution in [0.15, 0.2) is 0 Å². The number of ether oxygens (including phenoxy) is 3. The minimum Gasteiger partial charge on any atom is -0.394 e. The van der Waals surface area contributed by atoms with E-state index in [0.29, 0.717) is 38.6 Å². The van der Waals surface area contributed by atoms with Crippen LogP contribution in [0.5, 0.6) is 0 Å². The fourth-order valence-electron chi connectivity index (χ4n) is 4.35. The van der Waals surface area contributed by atoms with E-state index in [0.717, 1.165) is 0 Å². The monoisotopic (exact) mass is 476 g/mol. The van der Waals surface area contributed by atoms with Gasteiger partial charge in [0.2, 0.25) is 11.8 Å². The highest BCUT2D eigenvalue weighted by atomic mass is 16.7. The molecule has 0 aliphatic carbocycles. The highest BCUT2D eigenvalue weighted by molar-refractivity contribution is 5.77. The van der Waals surface area contributed by atoms with Gasteiger partial charge in [-0.2, -0.15) is 0 Å². The maximum atomic E-state index is 12.6. The smallest absolute Gasteiger partial charge is 0.222 e. The molecule has 11 nitrogen and oxygen atoms in total. The van der Waals surface area contributed by atoms with E-state index in [-0.39, 0.29) is 37.4 Å². The topological polar surface area (TPSA) is 158 Å². The fourth-order valence-corrected chi connectivity index (χ4v) is 4.35. The number of aliphatic hydroxyl groups is 4. The molecule has 192 valence electrons. The van der Waals surface area contributed by atoms with Crippen molar-refractivity contribution in [2.24, 2.45) is 0 Å². The van der Waals surface area contributed by atoms with Crippen LogP contribution >= 0.6 is 0 Å². The molecule has 0 aromatic heterocycles. The van der Waals surface area contributed by atoms with Crippen molar-refractivity contribution < 1.29 is 44.2 Å². The summed E-state index contributed by atoms with van der Waals surface area (Å²) in [4.78, 5) is 25.8. The van der Waals surface area contributed by atoms with Crippen molar-refractivity contribution in [3.05, 3.63) is 0 Å². The zero-order valence-electron chi connectivity index (χ0n) is 19.8. The van der Waals surface area contributed by atoms with Gasteiger partial charge in [-0.3, -0.25) is 9.59 Å². The second kappa shape index (κ2) is 13.5. The molecule has 2 amide bonds. The van der Waals surface area contributed by atoms with E-state index < -0.39 is 43.2 Å². The molecule has 2 saturated heterocycles. The summed E-state index contributed by atoms with van der Waals surface area (Å²) in [6.45, 7) is 5.35. The Hall–Kier alpha value is -1.34. The van der Waals surface area contributed by atoms with Crippen LogP contribution in [0.2, 0.25) is 0 Å². The molecule has 2 fully saturated rings. The summed E-state index contributed by atoms with van der Waals surface area (Å²) in [6.07, 6.45) is -1.74. The van der Waals surface area contributed by atoms with Crippen molar-refractivity contribution in [2.45, 2.75) is 102 Å². The molecule has 0 bridgehead atoms. The molecule has 0 aromatic carbocycles. The summed E-state index contributed by atoms with van der Waals surface area (Å²) in [5.41, 5.74) is 0. The summed E-state index contributed by atoms with van der Waals surface area (Å²) >= 11 is 0. The van der Waals surface area contributed by atoms with Crippen molar-refractivity contribution >= 4 is 11.8 Å². The van der Waals surface area contributed by atoms with Gasteiger partial charge in [-0.1, -0.05) is 6.42 Å². The van der Waals surface area contributed by atoms with Crippen molar-refractivity contribution in [2.75, 3.05) is 26.4 Å². The molecule has 5 unspecified atom stereocenters. The van der Waals surface area contributed by atoms with Crippen LogP contribution in [0.25, 0.3) is 0 Å². The van der Waals surface area contributed by atoms with E-state index in [1.54, 1.807) is 4.90 Å². The minimum atomic E-state index is -1.35. The minimum absolute atomic E-state index is 0.00550. The highest BCUT2D eigenvalue weighted by Crippen LogP contribution is 2.24. The number of aliphatic hydroxyl groups excluding tert-OH is 4. The molecule has 0 saturated carbocycles. The molecule has 0 aromatic rings. The normalized spacial score (nSPS) is 32.4. The van der Waals surface area contributed by atoms with Gasteiger partial charge in [0.05, 0.1) is 31.5 Å². The number of carbonyl (C=O) groups is 2. The maximum Gasteiger partial charge on any atom is 0.222 e. The summed E-state index contributed by atoms with van der Waals surface area (Å²) in [5, 5.41) is 41.7. The molecule has 5 N–H and O–H groups in total. The third-order valence-corrected chi connectivity index (χ3v) is 5.94. The van der Waals surface area contributed by atoms with Gasteiger partial charge in [-0.05, 0) is 33.1 Å². The van der Waals surface area contributed by atoms with Crippen LogP contribution in [0.3, 0.4) is 0 Å². The molecule has 11 heteroatoms. The van der Waals surface area contributed by atoms with E-state index >= 15 is 0 Å². The second-order valence-electron chi connectivity index (χ2n) is 9.04. The summed E-state index contributed by atoms with van der Waals surface area (Å²) in [5.74, 6) is -0.414. The number of nitrogens with zero attached hydrogens (tertiary/aromatic N) is 1. The number of carbonyl (C=O) groups excluding carboxylic acids is 2. The average molecular weight is 477 g/mol. The predicted molar refractivity (Wildman–Crippen MR) is 117 cm³/mol. The Labute approximate surface area is 195 Å². The lowest BCUT2D eigenvalue weighted by molar-refractivity contribution is -0.270. The standard InChI is InChI=1S/C22H40N2O9/c1-13(2)32-16-9-15(11-25)24(10-16)18(28)7-5-4-6-8-31-22-19(23-14(3)27)21(30)20(29)17(12-26)33-22/h13,15-17,19-22,25-26,29-30H,4-12H2,1-3H3,(H,23,27)/t15-,16+,17?,19?,20?,21?,22?/m0/s1. The molecular formula is C22H40N2O9. The van der Waals surface area contributed by atoms with E-state index in [1.165, 1.54) is 6.92 Å². The third kappa shape index (κ3) is 8.13. The number of unbranched alkanes of at least 4 members (excludes halogenated alkanes) is 2. The molecule has 2 heterocycles. The Morgan fingerprint density at radius 2 is 1.85 bits per heavy atom. The first kappa shape index (κ1) is 27.9. The lowest BCUT2D eigenvalue weighted by Crippen LogP contribution is -2.64. The Morgan fingerprint density at radius 1 is 1.12 bits per heavy atom. The van der Waals surface area contributed by atoms with Crippen molar-refractivity contribution in [1.29, 1.82) is 0 Å². The summed E-state index contributed by atoms with van der Waals surface area (Å²) in [7, 11) is 0. The van der Waals surface area contributed by atoms with Gasteiger partial charge in [0.25, 0.3) is 0 Å². The highest BCUT2D eigenvalue weighted by Gasteiger charge is 2.45. The van der Waals surface area contributed by atoms with Gasteiger partial charge in [-0.25, -0.2) is 0 Å². The van der Waals surface area contributed by atoms with Crippen molar-refractivity contribution in [1.82, 2.24) is 10.2 Å². The Bertz CT molecular complexity index is 621. The lowest BCUT2D eigenvalue weighted by Gasteiger charge is -2.42. The molecular weight excluding hydrogens is 436 g/mol. The van der Waals surface area contributed by atoms with Gasteiger partial charge in [0.1, 0.15) is 24.4 Å². The fraction of sp³-hybridized carbons (Fsp3) is 0.909. The molecule has 33 heavy (non-hydrogen) atoms. The van der Waals surface area contributed by atoms with E-state index in [2.05, 4.69) is 5.32 Å². The quantitative estimate of drug-likeness (QED) is 0.220. The van der Waals surface area contributed by atoms with Gasteiger partial charge in [0.15, 0.2) is 6.29 Å². The number of nitrogens with one attached hydrogen (secondary N) is 1. The first-order valence-electron chi connectivity index (χ1n) is 11.7. The average Bonchev–Trinajstić information content (AvgIpc) is 3.17. The van der Waals surface area contributed by atoms with Crippen LogP contribution in [0, 0.1) is 0 Å². The molecule has 2 rings (SSSR count). The third-order valence-electron chi connectivity index (χ3n) is 5.94. The summed E-state index contributed by atoms with van der Waals surface area (Å²) < 4.78 is 17.0. The van der Waals surface area contributed by atoms with Gasteiger partial charge in [-0.15, -0.1) is 0 Å². The van der Waals surface area contributed by atoms with Gasteiger partial charge >= 0.3 is 0 Å². The van der Waals surface area contributed by atoms with Gasteiger partial charge in [0, 0.05) is 26.5 Å². The summed E-state index contributed by atoms with van der Waals surface area (Å²) in [6, 6.07) is -1.17. The molecule has 0 radical (unpaired) electrons. The Balaban J connectivity index is 1.73. The van der Waals surface area contributed by atoms with Crippen LogP contribution in [0.4, 0.5) is 0 Å². The predicted octanol–water partition coefficient (Wildman–Crippen LogP) is -1.11. The number of hydrogen-bond acceptors (Lipinski definition) is 9.